The molecule has 0 atom stereocenters. The van der Waals surface area contributed by atoms with Gasteiger partial charge in [-0.2, -0.15) is 0 Å². The van der Waals surface area contributed by atoms with Gasteiger partial charge in [-0.05, 0) is 199 Å². The average Bonchev–Trinajstić information content (AvgIpc) is 0.842. The van der Waals surface area contributed by atoms with E-state index in [9.17, 15) is 0 Å². The second-order valence-corrected chi connectivity index (χ2v) is 27.3. The third-order valence-electron chi connectivity index (χ3n) is 15.6. The van der Waals surface area contributed by atoms with Crippen LogP contribution in [0, 0.1) is 0 Å². The van der Waals surface area contributed by atoms with Crippen molar-refractivity contribution in [2.24, 2.45) is 20.0 Å². The summed E-state index contributed by atoms with van der Waals surface area (Å²) in [7, 11) is 0. The number of ether oxygens (including phenoxy) is 2. The number of aromatic nitrogens is 2. The fourth-order valence-corrected chi connectivity index (χ4v) is 10.9. The normalized spacial score (nSPS) is 12.4. The van der Waals surface area contributed by atoms with E-state index < -0.39 is 0 Å². The Hall–Kier alpha value is -5.98. The number of hydrogen-bond donors (Lipinski definition) is 0. The van der Waals surface area contributed by atoms with E-state index >= 15 is 0 Å². The Bertz CT molecular complexity index is 3150. The number of pyridine rings is 2. The maximum absolute atomic E-state index is 5.05. The molecular formula is C86H122Cu4N10O2. The number of allylic oxidation sites excluding steroid dienone is 8. The van der Waals surface area contributed by atoms with Gasteiger partial charge in [-0.25, -0.2) is 0 Å². The summed E-state index contributed by atoms with van der Waals surface area (Å²) in [6, 6.07) is 37.5. The van der Waals surface area contributed by atoms with Crippen LogP contribution in [-0.4, -0.2) is 59.2 Å². The molecule has 102 heavy (non-hydrogen) atoms. The third-order valence-corrected chi connectivity index (χ3v) is 15.6. The number of rotatable bonds is 28. The Kier molecular flexibility index (Phi) is 49.3. The van der Waals surface area contributed by atoms with Gasteiger partial charge in [0, 0.05) is 49.3 Å². The van der Waals surface area contributed by atoms with E-state index in [0.29, 0.717) is 70.6 Å². The van der Waals surface area contributed by atoms with Crippen LogP contribution < -0.4 is 0 Å². The van der Waals surface area contributed by atoms with Crippen molar-refractivity contribution in [1.29, 1.82) is 0 Å². The van der Waals surface area contributed by atoms with Crippen molar-refractivity contribution < 1.29 is 77.7 Å². The summed E-state index contributed by atoms with van der Waals surface area (Å²) >= 11 is 0. The number of para-hydroxylation sites is 4. The number of nitrogens with zero attached hydrogens (tertiary/aromatic N) is 10. The quantitative estimate of drug-likeness (QED) is 0.0355. The van der Waals surface area contributed by atoms with Crippen LogP contribution in [0.3, 0.4) is 0 Å². The van der Waals surface area contributed by atoms with Gasteiger partial charge < -0.3 is 40.7 Å². The first-order valence-electron chi connectivity index (χ1n) is 35.8. The SMILES string of the molecule is CC(/C=C(/C)[N-]c1cccc([N-]/C(C)=C\C(C)=Nc2c(C(C)C)cccc2C(C)C)n1)=Nc1c(C(C)C)cccc1C(C)C.CC(/C=C(/C)[N-]c1cccc([N-]/C(C)=C\C(C)=Nc2c(C(C)C)cccc2C(C)C)n1)=Nc1c(C(C)C)cccc1C(C)C.CCOCC.CCOCC.[Cu+].[Cu+].[Cu+].[Cu+]. The minimum Gasteiger partial charge on any atom is -0.440 e. The monoisotopic (exact) mass is 1580 g/mol. The molecule has 0 unspecified atom stereocenters. The van der Waals surface area contributed by atoms with E-state index in [4.69, 9.17) is 50.7 Å². The molecule has 572 valence electrons. The topological polar surface area (TPSA) is 150 Å². The number of hydrogen-bond acceptors (Lipinski definition) is 8. The fourth-order valence-electron chi connectivity index (χ4n) is 10.9. The maximum Gasteiger partial charge on any atom is 1.00 e. The first-order chi connectivity index (χ1) is 46.3. The van der Waals surface area contributed by atoms with Crippen LogP contribution in [0.15, 0.2) is 176 Å². The first kappa shape index (κ1) is 98.1. The Labute approximate surface area is 661 Å². The standard InChI is InChI=1S/2C39H51N5.2C4H10O.4Cu/c2*1-24(2)32-16-13-17-33(25(3)4)38(32)42-30(11)22-28(9)40-36-20-15-21-37(44-36)41-29(10)23-31(12)43-39-34(26(5)6)18-14-19-35(39)27(7)8;2*1-3-5-4-2;;;;/h2*13-27H,1-12H3;2*3-4H2,1-2H3;;;;/q2*-2;;;4*+1/b2*28-22-,29-23-,42-30?,43-31?;;;;;;. The molecule has 0 N–H and O–H groups in total. The van der Waals surface area contributed by atoms with Crippen LogP contribution in [0.4, 0.5) is 46.0 Å². The molecule has 0 amide bonds. The average molecular weight is 1580 g/mol. The molecule has 0 spiro atoms. The Morgan fingerprint density at radius 3 is 0.559 bits per heavy atom. The smallest absolute Gasteiger partial charge is 0.440 e. The van der Waals surface area contributed by atoms with Crippen LogP contribution in [0.5, 0.6) is 0 Å². The van der Waals surface area contributed by atoms with E-state index in [1.807, 2.05) is 144 Å². The molecule has 2 heterocycles. The molecule has 6 rings (SSSR count). The van der Waals surface area contributed by atoms with Gasteiger partial charge in [-0.3, -0.25) is 20.0 Å². The van der Waals surface area contributed by atoms with Gasteiger partial charge in [0.15, 0.2) is 0 Å². The molecule has 0 saturated carbocycles. The minimum atomic E-state index is 0. The largest absolute Gasteiger partial charge is 1.00 e. The minimum absolute atomic E-state index is 0. The van der Waals surface area contributed by atoms with E-state index in [1.165, 1.54) is 44.5 Å². The van der Waals surface area contributed by atoms with Gasteiger partial charge in [0.2, 0.25) is 0 Å². The van der Waals surface area contributed by atoms with Crippen molar-refractivity contribution in [3.8, 4) is 0 Å². The molecule has 0 aliphatic heterocycles. The molecule has 0 radical (unpaired) electrons. The summed E-state index contributed by atoms with van der Waals surface area (Å²) in [5.74, 6) is 5.62. The summed E-state index contributed by atoms with van der Waals surface area (Å²) in [6.07, 6.45) is 8.05. The predicted molar refractivity (Wildman–Crippen MR) is 429 cm³/mol. The van der Waals surface area contributed by atoms with E-state index in [1.54, 1.807) is 0 Å². The van der Waals surface area contributed by atoms with Crippen LogP contribution >= 0.6 is 0 Å². The number of aliphatic imine (C=N–C) groups is 4. The summed E-state index contributed by atoms with van der Waals surface area (Å²) in [5.41, 5.74) is 21.4. The van der Waals surface area contributed by atoms with Gasteiger partial charge >= 0.3 is 68.3 Å². The zero-order chi connectivity index (χ0) is 73.3. The van der Waals surface area contributed by atoms with Gasteiger partial charge in [-0.1, -0.05) is 266 Å². The molecule has 0 aliphatic rings. The van der Waals surface area contributed by atoms with Gasteiger partial charge in [-0.15, -0.1) is 0 Å². The second-order valence-electron chi connectivity index (χ2n) is 27.3. The molecule has 16 heteroatoms. The van der Waals surface area contributed by atoms with Crippen LogP contribution in [-0.2, 0) is 77.7 Å². The maximum atomic E-state index is 5.05. The number of benzene rings is 4. The van der Waals surface area contributed by atoms with Crippen LogP contribution in [0.1, 0.15) is 286 Å². The van der Waals surface area contributed by atoms with Crippen molar-refractivity contribution in [3.63, 3.8) is 0 Å². The van der Waals surface area contributed by atoms with E-state index in [-0.39, 0.29) is 68.3 Å². The van der Waals surface area contributed by atoms with Crippen molar-refractivity contribution in [2.45, 2.75) is 241 Å². The van der Waals surface area contributed by atoms with Crippen molar-refractivity contribution in [1.82, 2.24) is 9.97 Å². The second kappa shape index (κ2) is 51.2. The predicted octanol–water partition coefficient (Wildman–Crippen LogP) is 28.0. The molecule has 0 bridgehead atoms. The Morgan fingerprint density at radius 1 is 0.284 bits per heavy atom. The zero-order valence-electron chi connectivity index (χ0n) is 66.6. The van der Waals surface area contributed by atoms with E-state index in [0.717, 1.165) is 94.8 Å². The summed E-state index contributed by atoms with van der Waals surface area (Å²) in [4.78, 5) is 29.6. The van der Waals surface area contributed by atoms with Crippen molar-refractivity contribution in [2.75, 3.05) is 26.4 Å². The molecule has 12 nitrogen and oxygen atoms in total. The molecule has 4 aromatic carbocycles. The Balaban J connectivity index is 0. The zero-order valence-corrected chi connectivity index (χ0v) is 70.4. The third kappa shape index (κ3) is 34.3. The van der Waals surface area contributed by atoms with Gasteiger partial charge in [0.05, 0.1) is 22.7 Å². The van der Waals surface area contributed by atoms with Crippen molar-refractivity contribution in [3.05, 3.63) is 222 Å². The molecule has 2 aromatic heterocycles. The summed E-state index contributed by atoms with van der Waals surface area (Å²) in [5, 5.41) is 19.0. The molecule has 6 aromatic rings. The van der Waals surface area contributed by atoms with Crippen molar-refractivity contribution >= 4 is 68.9 Å². The molecule has 0 fully saturated rings. The van der Waals surface area contributed by atoms with Crippen LogP contribution in [0.2, 0.25) is 0 Å². The molecule has 0 saturated heterocycles. The Morgan fingerprint density at radius 2 is 0.431 bits per heavy atom. The van der Waals surface area contributed by atoms with Gasteiger partial charge in [0.25, 0.3) is 0 Å². The molecule has 0 aliphatic carbocycles. The first-order valence-corrected chi connectivity index (χ1v) is 35.8. The summed E-state index contributed by atoms with van der Waals surface area (Å²) in [6.45, 7) is 62.8. The van der Waals surface area contributed by atoms with Crippen LogP contribution in [0.25, 0.3) is 21.3 Å². The fraction of sp³-hybridized carbons (Fsp3) is 0.465. The molecular weight excluding hydrogens is 1460 g/mol. The van der Waals surface area contributed by atoms with E-state index in [2.05, 4.69) is 194 Å². The van der Waals surface area contributed by atoms with Gasteiger partial charge in [0.1, 0.15) is 0 Å². The summed E-state index contributed by atoms with van der Waals surface area (Å²) < 4.78 is 9.67.